The molecule has 38 heavy (non-hydrogen) atoms. The van der Waals surface area contributed by atoms with Crippen LogP contribution in [0.4, 0.5) is 0 Å². The third-order valence-electron chi connectivity index (χ3n) is 7.06. The van der Waals surface area contributed by atoms with Gasteiger partial charge in [0, 0.05) is 30.4 Å². The second kappa shape index (κ2) is 11.9. The number of amides is 2. The first-order valence-electron chi connectivity index (χ1n) is 13.4. The number of rotatable bonds is 9. The lowest BCUT2D eigenvalue weighted by Gasteiger charge is -2.23. The zero-order chi connectivity index (χ0) is 26.5. The van der Waals surface area contributed by atoms with Crippen LogP contribution in [0.25, 0.3) is 21.2 Å². The molecule has 4 aromatic rings. The van der Waals surface area contributed by atoms with Crippen molar-refractivity contribution in [3.8, 4) is 11.1 Å². The van der Waals surface area contributed by atoms with Gasteiger partial charge < -0.3 is 10.6 Å². The number of carbonyl (C=O) groups excluding carboxylic acids is 2. The molecule has 2 heterocycles. The summed E-state index contributed by atoms with van der Waals surface area (Å²) in [4.78, 5) is 29.3. The minimum Gasteiger partial charge on any atom is -0.350 e. The van der Waals surface area contributed by atoms with Gasteiger partial charge in [-0.15, -0.1) is 11.3 Å². The van der Waals surface area contributed by atoms with Crippen molar-refractivity contribution >= 4 is 33.2 Å². The van der Waals surface area contributed by atoms with Gasteiger partial charge >= 0.3 is 0 Å². The molecule has 0 unspecified atom stereocenters. The Hall–Kier alpha value is -3.48. The lowest BCUT2D eigenvalue weighted by Crippen LogP contribution is -2.50. The van der Waals surface area contributed by atoms with Gasteiger partial charge in [-0.2, -0.15) is 0 Å². The number of hydrogen-bond donors (Lipinski definition) is 2. The Balaban J connectivity index is 1.16. The summed E-state index contributed by atoms with van der Waals surface area (Å²) in [7, 11) is 0. The van der Waals surface area contributed by atoms with E-state index in [0.29, 0.717) is 11.3 Å². The van der Waals surface area contributed by atoms with Gasteiger partial charge in [-0.3, -0.25) is 14.5 Å². The van der Waals surface area contributed by atoms with Gasteiger partial charge in [0.1, 0.15) is 6.04 Å². The summed E-state index contributed by atoms with van der Waals surface area (Å²) in [6.07, 6.45) is 1.51. The van der Waals surface area contributed by atoms with Crippen LogP contribution in [0.2, 0.25) is 0 Å². The minimum absolute atomic E-state index is 0.0852. The van der Waals surface area contributed by atoms with Gasteiger partial charge in [0.2, 0.25) is 5.91 Å². The van der Waals surface area contributed by atoms with E-state index in [9.17, 15) is 9.59 Å². The molecule has 2 atom stereocenters. The molecule has 1 fully saturated rings. The average Bonchev–Trinajstić information content (AvgIpc) is 3.56. The number of carbonyl (C=O) groups is 2. The van der Waals surface area contributed by atoms with Crippen LogP contribution < -0.4 is 10.6 Å². The predicted molar refractivity (Wildman–Crippen MR) is 156 cm³/mol. The molecule has 3 aromatic carbocycles. The van der Waals surface area contributed by atoms with E-state index >= 15 is 0 Å². The molecule has 1 aromatic heterocycles. The number of thiophene rings is 1. The largest absolute Gasteiger partial charge is 0.350 e. The molecular formula is C32H35N3O2S. The summed E-state index contributed by atoms with van der Waals surface area (Å²) in [5.41, 5.74) is 3.71. The Morgan fingerprint density at radius 2 is 1.66 bits per heavy atom. The Bertz CT molecular complexity index is 1350. The van der Waals surface area contributed by atoms with Crippen LogP contribution in [-0.4, -0.2) is 41.9 Å². The molecule has 0 spiro atoms. The Labute approximate surface area is 228 Å². The summed E-state index contributed by atoms with van der Waals surface area (Å²) >= 11 is 1.46. The molecule has 1 aliphatic heterocycles. The van der Waals surface area contributed by atoms with Crippen LogP contribution in [0.15, 0.2) is 84.9 Å². The maximum absolute atomic E-state index is 13.3. The van der Waals surface area contributed by atoms with Crippen molar-refractivity contribution in [1.29, 1.82) is 0 Å². The van der Waals surface area contributed by atoms with Crippen LogP contribution in [0, 0.1) is 5.92 Å². The second-order valence-electron chi connectivity index (χ2n) is 10.6. The van der Waals surface area contributed by atoms with Gasteiger partial charge in [0.15, 0.2) is 0 Å². The number of hydrogen-bond acceptors (Lipinski definition) is 4. The fourth-order valence-electron chi connectivity index (χ4n) is 5.11. The summed E-state index contributed by atoms with van der Waals surface area (Å²) < 4.78 is 1.07. The zero-order valence-corrected chi connectivity index (χ0v) is 22.8. The lowest BCUT2D eigenvalue weighted by atomic mass is 10.0. The molecule has 5 nitrogen and oxygen atoms in total. The van der Waals surface area contributed by atoms with Crippen LogP contribution in [0.1, 0.15) is 41.9 Å². The van der Waals surface area contributed by atoms with Crippen molar-refractivity contribution in [3.05, 3.63) is 95.4 Å². The fourth-order valence-corrected chi connectivity index (χ4v) is 6.08. The van der Waals surface area contributed by atoms with Crippen molar-refractivity contribution in [1.82, 2.24) is 15.5 Å². The molecule has 1 aliphatic rings. The Morgan fingerprint density at radius 3 is 2.39 bits per heavy atom. The first-order valence-corrected chi connectivity index (χ1v) is 14.2. The van der Waals surface area contributed by atoms with Gasteiger partial charge in [0.25, 0.3) is 5.91 Å². The maximum atomic E-state index is 13.3. The molecule has 5 rings (SSSR count). The number of likely N-dealkylation sites (tertiary alicyclic amines) is 1. The second-order valence-corrected chi connectivity index (χ2v) is 11.7. The molecular weight excluding hydrogens is 490 g/mol. The molecule has 2 amide bonds. The average molecular weight is 526 g/mol. The standard InChI is InChI=1S/C32H35N3O2S/c1-22(2)18-28(34-32(37)30-19-26-10-6-7-11-29(26)38-30)31(36)33-27-16-17-35(21-27)20-23-12-14-25(15-13-23)24-8-4-3-5-9-24/h3-15,19,22,27-28H,16-18,20-21H2,1-2H3,(H,33,36)(H,34,37)/t27-,28-/m0/s1. The zero-order valence-electron chi connectivity index (χ0n) is 22.0. The highest BCUT2D eigenvalue weighted by atomic mass is 32.1. The quantitative estimate of drug-likeness (QED) is 0.277. The molecule has 0 saturated carbocycles. The van der Waals surface area contributed by atoms with Crippen LogP contribution in [0.3, 0.4) is 0 Å². The third kappa shape index (κ3) is 6.50. The molecule has 196 valence electrons. The van der Waals surface area contributed by atoms with Crippen LogP contribution >= 0.6 is 11.3 Å². The third-order valence-corrected chi connectivity index (χ3v) is 8.18. The first kappa shape index (κ1) is 26.1. The number of nitrogens with zero attached hydrogens (tertiary/aromatic N) is 1. The van der Waals surface area contributed by atoms with E-state index in [4.69, 9.17) is 0 Å². The molecule has 0 aliphatic carbocycles. The molecule has 0 bridgehead atoms. The normalized spacial score (nSPS) is 16.6. The number of benzene rings is 3. The highest BCUT2D eigenvalue weighted by Gasteiger charge is 2.29. The first-order chi connectivity index (χ1) is 18.4. The minimum atomic E-state index is -0.549. The Kier molecular flexibility index (Phi) is 8.20. The van der Waals surface area contributed by atoms with E-state index in [-0.39, 0.29) is 23.8 Å². The van der Waals surface area contributed by atoms with Crippen LogP contribution in [0.5, 0.6) is 0 Å². The van der Waals surface area contributed by atoms with E-state index in [1.165, 1.54) is 28.0 Å². The highest BCUT2D eigenvalue weighted by Crippen LogP contribution is 2.25. The van der Waals surface area contributed by atoms with Gasteiger partial charge in [-0.25, -0.2) is 0 Å². The van der Waals surface area contributed by atoms with Crippen LogP contribution in [-0.2, 0) is 11.3 Å². The summed E-state index contributed by atoms with van der Waals surface area (Å²) in [6.45, 7) is 6.76. The molecule has 1 saturated heterocycles. The monoisotopic (exact) mass is 525 g/mol. The van der Waals surface area contributed by atoms with Crippen molar-refractivity contribution < 1.29 is 9.59 Å². The van der Waals surface area contributed by atoms with Crippen molar-refractivity contribution in [3.63, 3.8) is 0 Å². The number of nitrogens with one attached hydrogen (secondary N) is 2. The molecule has 6 heteroatoms. The SMILES string of the molecule is CC(C)C[C@H](NC(=O)c1cc2ccccc2s1)C(=O)N[C@H]1CCN(Cc2ccc(-c3ccccc3)cc2)C1. The van der Waals surface area contributed by atoms with E-state index in [0.717, 1.165) is 36.1 Å². The maximum Gasteiger partial charge on any atom is 0.262 e. The summed E-state index contributed by atoms with van der Waals surface area (Å²) in [5, 5.41) is 7.29. The highest BCUT2D eigenvalue weighted by molar-refractivity contribution is 7.20. The van der Waals surface area contributed by atoms with E-state index in [2.05, 4.69) is 77.9 Å². The summed E-state index contributed by atoms with van der Waals surface area (Å²) in [6, 6.07) is 28.5. The van der Waals surface area contributed by atoms with E-state index in [1.807, 2.05) is 36.4 Å². The lowest BCUT2D eigenvalue weighted by molar-refractivity contribution is -0.124. The van der Waals surface area contributed by atoms with Crippen molar-refractivity contribution in [2.24, 2.45) is 5.92 Å². The van der Waals surface area contributed by atoms with Crippen molar-refractivity contribution in [2.75, 3.05) is 13.1 Å². The predicted octanol–water partition coefficient (Wildman–Crippen LogP) is 6.10. The molecule has 0 radical (unpaired) electrons. The van der Waals surface area contributed by atoms with Gasteiger partial charge in [-0.1, -0.05) is 86.6 Å². The van der Waals surface area contributed by atoms with E-state index in [1.54, 1.807) is 0 Å². The van der Waals surface area contributed by atoms with E-state index < -0.39 is 6.04 Å². The fraction of sp³-hybridized carbons (Fsp3) is 0.312. The Morgan fingerprint density at radius 1 is 0.947 bits per heavy atom. The van der Waals surface area contributed by atoms with Gasteiger partial charge in [0.05, 0.1) is 4.88 Å². The topological polar surface area (TPSA) is 61.4 Å². The smallest absolute Gasteiger partial charge is 0.262 e. The summed E-state index contributed by atoms with van der Waals surface area (Å²) in [5.74, 6) is 0.0126. The molecule has 2 N–H and O–H groups in total. The van der Waals surface area contributed by atoms with Gasteiger partial charge in [-0.05, 0) is 53.0 Å². The van der Waals surface area contributed by atoms with Crippen molar-refractivity contribution in [2.45, 2.75) is 45.3 Å². The number of fused-ring (bicyclic) bond motifs is 1.